The quantitative estimate of drug-likeness (QED) is 0.413. The van der Waals surface area contributed by atoms with E-state index in [1.165, 1.54) is 6.92 Å². The van der Waals surface area contributed by atoms with E-state index in [9.17, 15) is 29.8 Å². The maximum Gasteiger partial charge on any atom is 0.355 e. The van der Waals surface area contributed by atoms with Crippen LogP contribution in [-0.2, 0) is 23.8 Å². The highest BCUT2D eigenvalue weighted by atomic mass is 16.6. The summed E-state index contributed by atoms with van der Waals surface area (Å²) in [6.07, 6.45) is 0. The Bertz CT molecular complexity index is 827. The molecule has 0 bridgehead atoms. The molecule has 0 unspecified atom stereocenters. The van der Waals surface area contributed by atoms with E-state index in [1.807, 2.05) is 0 Å². The molecular formula is C15H15N3O9. The first kappa shape index (κ1) is 19.8. The molecule has 27 heavy (non-hydrogen) atoms. The molecule has 1 aromatic rings. The van der Waals surface area contributed by atoms with Crippen molar-refractivity contribution < 1.29 is 33.6 Å². The zero-order chi connectivity index (χ0) is 20.3. The van der Waals surface area contributed by atoms with Crippen LogP contribution in [0.2, 0.25) is 0 Å². The average Bonchev–Trinajstić information content (AvgIpc) is 2.65. The van der Waals surface area contributed by atoms with Crippen molar-refractivity contribution >= 4 is 29.0 Å². The van der Waals surface area contributed by atoms with Crippen molar-refractivity contribution in [3.05, 3.63) is 49.2 Å². The summed E-state index contributed by atoms with van der Waals surface area (Å²) in [6, 6.07) is 2.23. The highest BCUT2D eigenvalue weighted by molar-refractivity contribution is 6.04. The second-order valence-corrected chi connectivity index (χ2v) is 5.38. The largest absolute Gasteiger partial charge is 0.466 e. The molecule has 0 fully saturated rings. The van der Waals surface area contributed by atoms with E-state index >= 15 is 0 Å². The van der Waals surface area contributed by atoms with Crippen molar-refractivity contribution in [3.8, 4) is 0 Å². The number of carbonyl (C=O) groups excluding carboxylic acids is 2. The molecule has 0 N–H and O–H groups in total. The lowest BCUT2D eigenvalue weighted by atomic mass is 10.1. The zero-order valence-electron chi connectivity index (χ0n) is 14.6. The minimum atomic E-state index is -1.03. The van der Waals surface area contributed by atoms with Gasteiger partial charge in [0.05, 0.1) is 36.2 Å². The fraction of sp³-hybridized carbons (Fsp3) is 0.333. The number of anilines is 1. The van der Waals surface area contributed by atoms with Gasteiger partial charge in [-0.05, 0) is 12.5 Å². The van der Waals surface area contributed by atoms with Crippen LogP contribution in [0.4, 0.5) is 17.1 Å². The molecule has 144 valence electrons. The van der Waals surface area contributed by atoms with Crippen LogP contribution < -0.4 is 4.90 Å². The maximum absolute atomic E-state index is 12.3. The standard InChI is InChI=1S/C15H15N3O9/c1-8-4-10(17(21)22)13(11(5-8)18(23)24)16-7-27-6-9(14(19)25-2)12(16)15(20)26-3/h4-5H,6-7H2,1-3H3. The van der Waals surface area contributed by atoms with Gasteiger partial charge >= 0.3 is 11.9 Å². The second-order valence-electron chi connectivity index (χ2n) is 5.38. The second kappa shape index (κ2) is 7.78. The van der Waals surface area contributed by atoms with Crippen LogP contribution in [0.5, 0.6) is 0 Å². The molecule has 1 aromatic carbocycles. The molecule has 12 nitrogen and oxygen atoms in total. The summed E-state index contributed by atoms with van der Waals surface area (Å²) in [7, 11) is 2.11. The number of esters is 2. The summed E-state index contributed by atoms with van der Waals surface area (Å²) in [5.41, 5.74) is -2.19. The van der Waals surface area contributed by atoms with Crippen LogP contribution in [0.3, 0.4) is 0 Å². The lowest BCUT2D eigenvalue weighted by molar-refractivity contribution is -0.392. The van der Waals surface area contributed by atoms with Crippen molar-refractivity contribution in [3.63, 3.8) is 0 Å². The minimum absolute atomic E-state index is 0.270. The van der Waals surface area contributed by atoms with Crippen molar-refractivity contribution in [1.82, 2.24) is 0 Å². The van der Waals surface area contributed by atoms with E-state index in [0.29, 0.717) is 0 Å². The van der Waals surface area contributed by atoms with Gasteiger partial charge in [0, 0.05) is 12.1 Å². The van der Waals surface area contributed by atoms with E-state index in [0.717, 1.165) is 31.3 Å². The number of aryl methyl sites for hydroxylation is 1. The topological polar surface area (TPSA) is 151 Å². The minimum Gasteiger partial charge on any atom is -0.466 e. The third-order valence-electron chi connectivity index (χ3n) is 3.71. The summed E-state index contributed by atoms with van der Waals surface area (Å²) >= 11 is 0. The first-order chi connectivity index (χ1) is 12.7. The number of nitro benzene ring substituents is 2. The lowest BCUT2D eigenvalue weighted by Gasteiger charge is -2.30. The van der Waals surface area contributed by atoms with Gasteiger partial charge in [0.15, 0.2) is 0 Å². The van der Waals surface area contributed by atoms with Crippen LogP contribution in [0.25, 0.3) is 0 Å². The molecular weight excluding hydrogens is 366 g/mol. The first-order valence-corrected chi connectivity index (χ1v) is 7.41. The SMILES string of the molecule is COC(=O)C1=C(C(=O)OC)N(c2c([N+](=O)[O-])cc(C)cc2[N+](=O)[O-])COC1. The Hall–Kier alpha value is -3.54. The van der Waals surface area contributed by atoms with E-state index < -0.39 is 51.3 Å². The molecule has 0 radical (unpaired) electrons. The van der Waals surface area contributed by atoms with Crippen LogP contribution in [-0.4, -0.2) is 49.3 Å². The van der Waals surface area contributed by atoms with E-state index in [1.54, 1.807) is 0 Å². The molecule has 0 atom stereocenters. The highest BCUT2D eigenvalue weighted by Gasteiger charge is 2.39. The maximum atomic E-state index is 12.3. The molecule has 0 aliphatic carbocycles. The number of nitrogens with zero attached hydrogens (tertiary/aromatic N) is 3. The summed E-state index contributed by atoms with van der Waals surface area (Å²) in [5.74, 6) is -1.96. The number of hydrogen-bond donors (Lipinski definition) is 0. The van der Waals surface area contributed by atoms with Crippen LogP contribution in [0.15, 0.2) is 23.4 Å². The molecule has 1 aliphatic heterocycles. The number of benzene rings is 1. The van der Waals surface area contributed by atoms with Gasteiger partial charge in [-0.1, -0.05) is 0 Å². The van der Waals surface area contributed by atoms with Gasteiger partial charge in [-0.15, -0.1) is 0 Å². The Balaban J connectivity index is 2.85. The molecule has 0 saturated heterocycles. The highest BCUT2D eigenvalue weighted by Crippen LogP contribution is 2.41. The number of ether oxygens (including phenoxy) is 3. The van der Waals surface area contributed by atoms with Gasteiger partial charge in [-0.3, -0.25) is 25.1 Å². The van der Waals surface area contributed by atoms with Crippen molar-refractivity contribution in [1.29, 1.82) is 0 Å². The normalized spacial score (nSPS) is 14.0. The fourth-order valence-electron chi connectivity index (χ4n) is 2.62. The Labute approximate surface area is 152 Å². The third-order valence-corrected chi connectivity index (χ3v) is 3.71. The van der Waals surface area contributed by atoms with E-state index in [4.69, 9.17) is 4.74 Å². The number of methoxy groups -OCH3 is 2. The Morgan fingerprint density at radius 1 is 1.07 bits per heavy atom. The summed E-state index contributed by atoms with van der Waals surface area (Å²) < 4.78 is 14.5. The van der Waals surface area contributed by atoms with Gasteiger partial charge in [0.2, 0.25) is 5.69 Å². The summed E-state index contributed by atoms with van der Waals surface area (Å²) in [5, 5.41) is 23.0. The van der Waals surface area contributed by atoms with Gasteiger partial charge in [-0.2, -0.15) is 0 Å². The molecule has 0 amide bonds. The predicted molar refractivity (Wildman–Crippen MR) is 88.8 cm³/mol. The number of carbonyl (C=O) groups is 2. The number of hydrogen-bond acceptors (Lipinski definition) is 10. The lowest BCUT2D eigenvalue weighted by Crippen LogP contribution is -2.39. The van der Waals surface area contributed by atoms with Crippen molar-refractivity contribution in [2.45, 2.75) is 6.92 Å². The predicted octanol–water partition coefficient (Wildman–Crippen LogP) is 1.21. The van der Waals surface area contributed by atoms with Gasteiger partial charge in [0.25, 0.3) is 11.4 Å². The molecule has 0 saturated carbocycles. The monoisotopic (exact) mass is 381 g/mol. The van der Waals surface area contributed by atoms with Crippen LogP contribution in [0, 0.1) is 27.2 Å². The molecule has 1 heterocycles. The average molecular weight is 381 g/mol. The fourth-order valence-corrected chi connectivity index (χ4v) is 2.62. The van der Waals surface area contributed by atoms with Gasteiger partial charge in [-0.25, -0.2) is 9.59 Å². The van der Waals surface area contributed by atoms with Gasteiger partial charge in [0.1, 0.15) is 12.4 Å². The third kappa shape index (κ3) is 3.69. The van der Waals surface area contributed by atoms with Crippen LogP contribution >= 0.6 is 0 Å². The van der Waals surface area contributed by atoms with Crippen molar-refractivity contribution in [2.75, 3.05) is 32.5 Å². The summed E-state index contributed by atoms with van der Waals surface area (Å²) in [4.78, 5) is 46.5. The number of nitro groups is 2. The zero-order valence-corrected chi connectivity index (χ0v) is 14.6. The molecule has 1 aliphatic rings. The van der Waals surface area contributed by atoms with Gasteiger partial charge < -0.3 is 14.2 Å². The van der Waals surface area contributed by atoms with Crippen molar-refractivity contribution in [2.24, 2.45) is 0 Å². The molecule has 0 aromatic heterocycles. The Morgan fingerprint density at radius 2 is 1.59 bits per heavy atom. The summed E-state index contributed by atoms with van der Waals surface area (Å²) in [6.45, 7) is 0.671. The smallest absolute Gasteiger partial charge is 0.355 e. The number of rotatable bonds is 5. The van der Waals surface area contributed by atoms with E-state index in [2.05, 4.69) is 9.47 Å². The molecule has 2 rings (SSSR count). The van der Waals surface area contributed by atoms with E-state index in [-0.39, 0.29) is 17.7 Å². The van der Waals surface area contributed by atoms with Crippen LogP contribution in [0.1, 0.15) is 5.56 Å². The molecule has 12 heteroatoms. The molecule has 0 spiro atoms. The Kier molecular flexibility index (Phi) is 5.70. The first-order valence-electron chi connectivity index (χ1n) is 7.41. The Morgan fingerprint density at radius 3 is 2.04 bits per heavy atom.